The van der Waals surface area contributed by atoms with Crippen LogP contribution in [0.1, 0.15) is 12.0 Å². The quantitative estimate of drug-likeness (QED) is 0.631. The number of carbonyl (C=O) groups excluding carboxylic acids is 3. The number of ether oxygens (including phenoxy) is 1. The van der Waals surface area contributed by atoms with E-state index < -0.39 is 29.8 Å². The number of hydrogen-bond acceptors (Lipinski definition) is 5. The number of aliphatic hydroxyl groups is 1. The number of β-amino-alcohol motifs (C(OH)–C–C–N with tert-alkyl or cyclic N) is 1. The molecule has 0 spiro atoms. The van der Waals surface area contributed by atoms with Gasteiger partial charge < -0.3 is 25.0 Å². The topological polar surface area (TPSA) is 99.2 Å². The number of rotatable bonds is 5. The van der Waals surface area contributed by atoms with Gasteiger partial charge in [0.05, 0.1) is 18.4 Å². The van der Waals surface area contributed by atoms with Crippen molar-refractivity contribution in [3.8, 4) is 0 Å². The third-order valence-corrected chi connectivity index (χ3v) is 5.91. The average Bonchev–Trinajstić information content (AvgIpc) is 3.22. The Labute approximate surface area is 200 Å². The highest BCUT2D eigenvalue weighted by Crippen LogP contribution is 2.25. The van der Waals surface area contributed by atoms with Crippen LogP contribution in [0.4, 0.5) is 15.8 Å². The Morgan fingerprint density at radius 3 is 2.68 bits per heavy atom. The van der Waals surface area contributed by atoms with Gasteiger partial charge in [0.25, 0.3) is 5.91 Å². The van der Waals surface area contributed by atoms with Gasteiger partial charge in [-0.2, -0.15) is 0 Å². The number of hydrogen-bond donors (Lipinski definition) is 2. The number of halogens is 2. The van der Waals surface area contributed by atoms with Gasteiger partial charge in [-0.15, -0.1) is 0 Å². The predicted molar refractivity (Wildman–Crippen MR) is 125 cm³/mol. The van der Waals surface area contributed by atoms with E-state index in [1.807, 2.05) is 0 Å². The van der Waals surface area contributed by atoms with Crippen molar-refractivity contribution in [2.24, 2.45) is 0 Å². The van der Waals surface area contributed by atoms with E-state index in [9.17, 15) is 23.9 Å². The molecule has 34 heavy (non-hydrogen) atoms. The number of carbonyl (C=O) groups is 3. The van der Waals surface area contributed by atoms with E-state index in [1.165, 1.54) is 34.1 Å². The van der Waals surface area contributed by atoms with Gasteiger partial charge in [0.15, 0.2) is 0 Å². The maximum Gasteiger partial charge on any atom is 0.253 e. The van der Waals surface area contributed by atoms with E-state index in [4.69, 9.17) is 16.3 Å². The van der Waals surface area contributed by atoms with Crippen LogP contribution < -0.4 is 10.2 Å². The van der Waals surface area contributed by atoms with Crippen molar-refractivity contribution in [3.63, 3.8) is 0 Å². The fourth-order valence-corrected chi connectivity index (χ4v) is 4.05. The summed E-state index contributed by atoms with van der Waals surface area (Å²) in [6.07, 6.45) is 2.07. The molecule has 3 amide bonds. The predicted octanol–water partition coefficient (Wildman–Crippen LogP) is 2.46. The van der Waals surface area contributed by atoms with Gasteiger partial charge in [0.2, 0.25) is 11.8 Å². The zero-order chi connectivity index (χ0) is 24.2. The van der Waals surface area contributed by atoms with Crippen molar-refractivity contribution in [2.75, 3.05) is 36.5 Å². The molecule has 0 unspecified atom stereocenters. The summed E-state index contributed by atoms with van der Waals surface area (Å²) in [5, 5.41) is 13.1. The standard InChI is InChI=1S/C24H23ClFN3O5/c25-16-4-1-15(2-5-16)3-8-22(31)29-13-18(30)12-21(29)24(33)27-20-7-6-17(11-19(20)26)28-9-10-34-14-23(28)32/h1-8,11,18,21,30H,9-10,12-14H2,(H,27,33)/t18-,21-/m1/s1. The molecule has 10 heteroatoms. The minimum Gasteiger partial charge on any atom is -0.391 e. The van der Waals surface area contributed by atoms with Crippen LogP contribution in [-0.2, 0) is 19.1 Å². The van der Waals surface area contributed by atoms with E-state index in [2.05, 4.69) is 5.32 Å². The molecule has 0 saturated carbocycles. The minimum atomic E-state index is -0.961. The molecule has 0 radical (unpaired) electrons. The van der Waals surface area contributed by atoms with E-state index in [0.717, 1.165) is 5.56 Å². The van der Waals surface area contributed by atoms with Crippen molar-refractivity contribution >= 4 is 46.8 Å². The number of morpholine rings is 1. The maximum absolute atomic E-state index is 14.7. The molecule has 2 aromatic carbocycles. The third-order valence-electron chi connectivity index (χ3n) is 5.66. The number of anilines is 2. The Morgan fingerprint density at radius 2 is 1.97 bits per heavy atom. The fraction of sp³-hybridized carbons (Fsp3) is 0.292. The first-order chi connectivity index (χ1) is 16.3. The highest BCUT2D eigenvalue weighted by atomic mass is 35.5. The van der Waals surface area contributed by atoms with Crippen LogP contribution in [0.2, 0.25) is 5.02 Å². The summed E-state index contributed by atoms with van der Waals surface area (Å²) in [5.41, 5.74) is 1.03. The molecule has 2 fully saturated rings. The first-order valence-corrected chi connectivity index (χ1v) is 11.1. The molecule has 2 saturated heterocycles. The van der Waals surface area contributed by atoms with Gasteiger partial charge >= 0.3 is 0 Å². The molecule has 0 aromatic heterocycles. The molecule has 0 aliphatic carbocycles. The molecule has 178 valence electrons. The van der Waals surface area contributed by atoms with Crippen LogP contribution in [0, 0.1) is 5.82 Å². The van der Waals surface area contributed by atoms with Crippen LogP contribution in [-0.4, -0.2) is 66.2 Å². The highest BCUT2D eigenvalue weighted by molar-refractivity contribution is 6.30. The molecule has 2 atom stereocenters. The first kappa shape index (κ1) is 23.9. The van der Waals surface area contributed by atoms with Gasteiger partial charge in [-0.25, -0.2) is 4.39 Å². The molecule has 2 aliphatic heterocycles. The first-order valence-electron chi connectivity index (χ1n) is 10.7. The van der Waals surface area contributed by atoms with Crippen LogP contribution in [0.15, 0.2) is 48.5 Å². The molecule has 8 nitrogen and oxygen atoms in total. The van der Waals surface area contributed by atoms with Crippen molar-refractivity contribution in [1.29, 1.82) is 0 Å². The number of nitrogens with zero attached hydrogens (tertiary/aromatic N) is 2. The van der Waals surface area contributed by atoms with Crippen molar-refractivity contribution in [1.82, 2.24) is 4.90 Å². The maximum atomic E-state index is 14.7. The zero-order valence-electron chi connectivity index (χ0n) is 18.1. The van der Waals surface area contributed by atoms with Crippen LogP contribution in [0.3, 0.4) is 0 Å². The third kappa shape index (κ3) is 5.44. The fourth-order valence-electron chi connectivity index (χ4n) is 3.92. The van der Waals surface area contributed by atoms with Crippen molar-refractivity contribution in [3.05, 3.63) is 64.9 Å². The smallest absolute Gasteiger partial charge is 0.253 e. The lowest BCUT2D eigenvalue weighted by Crippen LogP contribution is -2.42. The summed E-state index contributed by atoms with van der Waals surface area (Å²) in [7, 11) is 0. The number of likely N-dealkylation sites (tertiary alicyclic amines) is 1. The molecule has 4 rings (SSSR count). The van der Waals surface area contributed by atoms with Crippen LogP contribution in [0.5, 0.6) is 0 Å². The van der Waals surface area contributed by atoms with E-state index in [1.54, 1.807) is 30.3 Å². The largest absolute Gasteiger partial charge is 0.391 e. The monoisotopic (exact) mass is 487 g/mol. The van der Waals surface area contributed by atoms with Gasteiger partial charge in [0, 0.05) is 36.3 Å². The van der Waals surface area contributed by atoms with E-state index in [-0.39, 0.29) is 31.2 Å². The molecule has 2 aliphatic rings. The zero-order valence-corrected chi connectivity index (χ0v) is 18.9. The number of nitrogens with one attached hydrogen (secondary N) is 1. The Morgan fingerprint density at radius 1 is 1.21 bits per heavy atom. The number of amides is 3. The SMILES string of the molecule is O=C(Nc1ccc(N2CCOCC2=O)cc1F)[C@H]1C[C@@H](O)CN1C(=O)C=Cc1ccc(Cl)cc1. The molecular weight excluding hydrogens is 465 g/mol. The minimum absolute atomic E-state index is 0.0115. The summed E-state index contributed by atoms with van der Waals surface area (Å²) in [6.45, 7) is 0.583. The number of benzene rings is 2. The van der Waals surface area contributed by atoms with E-state index in [0.29, 0.717) is 23.9 Å². The van der Waals surface area contributed by atoms with Crippen molar-refractivity contribution < 1.29 is 28.6 Å². The summed E-state index contributed by atoms with van der Waals surface area (Å²) in [5.74, 6) is -2.06. The summed E-state index contributed by atoms with van der Waals surface area (Å²) in [6, 6.07) is 9.97. The Balaban J connectivity index is 1.44. The Bertz CT molecular complexity index is 1120. The molecule has 0 bridgehead atoms. The Kier molecular flexibility index (Phi) is 7.26. The second-order valence-corrected chi connectivity index (χ2v) is 8.47. The second kappa shape index (κ2) is 10.3. The van der Waals surface area contributed by atoms with Crippen LogP contribution >= 0.6 is 11.6 Å². The van der Waals surface area contributed by atoms with Gasteiger partial charge in [0.1, 0.15) is 18.5 Å². The second-order valence-electron chi connectivity index (χ2n) is 8.03. The summed E-state index contributed by atoms with van der Waals surface area (Å²) >= 11 is 5.86. The molecular formula is C24H23ClFN3O5. The average molecular weight is 488 g/mol. The Hall–Kier alpha value is -3.27. The molecule has 2 heterocycles. The number of aliphatic hydroxyl groups excluding tert-OH is 1. The van der Waals surface area contributed by atoms with Crippen molar-refractivity contribution in [2.45, 2.75) is 18.6 Å². The van der Waals surface area contributed by atoms with Gasteiger partial charge in [-0.05, 0) is 42.0 Å². The molecule has 2 aromatic rings. The molecule has 2 N–H and O–H groups in total. The van der Waals surface area contributed by atoms with Crippen LogP contribution in [0.25, 0.3) is 6.08 Å². The lowest BCUT2D eigenvalue weighted by Gasteiger charge is -2.27. The van der Waals surface area contributed by atoms with Gasteiger partial charge in [-0.1, -0.05) is 23.7 Å². The lowest BCUT2D eigenvalue weighted by atomic mass is 10.1. The summed E-state index contributed by atoms with van der Waals surface area (Å²) < 4.78 is 19.8. The lowest BCUT2D eigenvalue weighted by molar-refractivity contribution is -0.132. The highest BCUT2D eigenvalue weighted by Gasteiger charge is 2.38. The van der Waals surface area contributed by atoms with Gasteiger partial charge in [-0.3, -0.25) is 14.4 Å². The summed E-state index contributed by atoms with van der Waals surface area (Å²) in [4.78, 5) is 40.2. The normalized spacial score (nSPS) is 20.7. The van der Waals surface area contributed by atoms with E-state index >= 15 is 0 Å².